The van der Waals surface area contributed by atoms with Crippen LogP contribution in [0.15, 0.2) is 52.2 Å². The fourth-order valence-corrected chi connectivity index (χ4v) is 4.84. The third-order valence-corrected chi connectivity index (χ3v) is 6.91. The molecule has 0 saturated carbocycles. The Kier molecular flexibility index (Phi) is 7.66. The second-order valence-electron chi connectivity index (χ2n) is 8.32. The van der Waals surface area contributed by atoms with Crippen molar-refractivity contribution in [1.29, 1.82) is 0 Å². The molecule has 0 aliphatic rings. The quantitative estimate of drug-likeness (QED) is 0.320. The average molecular weight is 512 g/mol. The molecule has 0 spiro atoms. The number of rotatable bonds is 9. The van der Waals surface area contributed by atoms with Gasteiger partial charge in [0.15, 0.2) is 38.9 Å². The fraction of sp³-hybridized carbons (Fsp3) is 0.375. The van der Waals surface area contributed by atoms with Gasteiger partial charge in [-0.15, -0.1) is 0 Å². The van der Waals surface area contributed by atoms with Gasteiger partial charge in [0.2, 0.25) is 0 Å². The highest BCUT2D eigenvalue weighted by Gasteiger charge is 2.27. The number of hydrogen-bond donors (Lipinski definition) is 0. The van der Waals surface area contributed by atoms with E-state index in [0.29, 0.717) is 28.2 Å². The molecule has 9 heteroatoms. The third kappa shape index (κ3) is 5.65. The van der Waals surface area contributed by atoms with Crippen LogP contribution in [0.4, 0.5) is 0 Å². The van der Waals surface area contributed by atoms with Gasteiger partial charge in [0.1, 0.15) is 5.75 Å². The molecule has 0 fully saturated rings. The first-order chi connectivity index (χ1) is 15.4. The zero-order valence-corrected chi connectivity index (χ0v) is 21.5. The number of sulfone groups is 1. The maximum atomic E-state index is 11.9. The summed E-state index contributed by atoms with van der Waals surface area (Å²) in [6.45, 7) is 8.42. The van der Waals surface area contributed by atoms with Crippen LogP contribution in [-0.4, -0.2) is 26.3 Å². The summed E-state index contributed by atoms with van der Waals surface area (Å²) in [5.41, 5.74) is 1.57. The zero-order valence-electron chi connectivity index (χ0n) is 19.2. The molecule has 1 heterocycles. The molecule has 0 aliphatic carbocycles. The van der Waals surface area contributed by atoms with Crippen molar-refractivity contribution < 1.29 is 22.3 Å². The van der Waals surface area contributed by atoms with Crippen molar-refractivity contribution in [3.8, 4) is 11.5 Å². The molecule has 1 aromatic heterocycles. The lowest BCUT2D eigenvalue weighted by atomic mass is 9.78. The Bertz CT molecular complexity index is 1200. The second-order valence-corrected chi connectivity index (χ2v) is 11.1. The first-order valence-corrected chi connectivity index (χ1v) is 13.1. The van der Waals surface area contributed by atoms with E-state index < -0.39 is 21.4 Å². The molecule has 3 aromatic rings. The number of halogens is 2. The van der Waals surface area contributed by atoms with Gasteiger partial charge in [-0.25, -0.2) is 13.4 Å². The molecule has 0 bridgehead atoms. The van der Waals surface area contributed by atoms with Gasteiger partial charge in [0, 0.05) is 11.7 Å². The maximum absolute atomic E-state index is 11.9. The van der Waals surface area contributed by atoms with E-state index in [1.54, 1.807) is 6.92 Å². The lowest BCUT2D eigenvalue weighted by Crippen LogP contribution is -2.19. The highest BCUT2D eigenvalue weighted by molar-refractivity contribution is 7.90. The molecule has 33 heavy (non-hydrogen) atoms. The Hall–Kier alpha value is -2.22. The van der Waals surface area contributed by atoms with Crippen LogP contribution in [-0.2, 0) is 15.3 Å². The number of benzene rings is 2. The van der Waals surface area contributed by atoms with Crippen molar-refractivity contribution in [2.75, 3.05) is 12.9 Å². The topological polar surface area (TPSA) is 78.6 Å². The molecular weight excluding hydrogens is 485 g/mol. The Labute approximate surface area is 204 Å². The van der Waals surface area contributed by atoms with Gasteiger partial charge in [-0.2, -0.15) is 0 Å². The van der Waals surface area contributed by atoms with Gasteiger partial charge in [-0.1, -0.05) is 56.1 Å². The van der Waals surface area contributed by atoms with E-state index >= 15 is 0 Å². The third-order valence-electron chi connectivity index (χ3n) is 5.34. The van der Waals surface area contributed by atoms with E-state index in [9.17, 15) is 8.42 Å². The summed E-state index contributed by atoms with van der Waals surface area (Å²) in [6.07, 6.45) is 2.41. The molecule has 0 radical (unpaired) electrons. The number of oxazole rings is 1. The summed E-state index contributed by atoms with van der Waals surface area (Å²) in [5.74, 6) is 1.23. The Morgan fingerprint density at radius 2 is 1.70 bits per heavy atom. The van der Waals surface area contributed by atoms with Gasteiger partial charge in [-0.05, 0) is 48.7 Å². The van der Waals surface area contributed by atoms with E-state index in [1.165, 1.54) is 0 Å². The highest BCUT2D eigenvalue weighted by Crippen LogP contribution is 2.41. The zero-order chi connectivity index (χ0) is 24.4. The molecular formula is C24H27Cl2NO5S. The first kappa shape index (κ1) is 25.4. The van der Waals surface area contributed by atoms with Crippen molar-refractivity contribution in [3.05, 3.63) is 69.7 Å². The predicted octanol–water partition coefficient (Wildman–Crippen LogP) is 6.64. The number of nitrogens with zero attached hydrogens (tertiary/aromatic N) is 1. The minimum absolute atomic E-state index is 0.118. The molecule has 6 nitrogen and oxygen atoms in total. The number of aromatic nitrogens is 1. The highest BCUT2D eigenvalue weighted by atomic mass is 35.5. The van der Waals surface area contributed by atoms with Crippen LogP contribution in [0.2, 0.25) is 10.0 Å². The van der Waals surface area contributed by atoms with Gasteiger partial charge < -0.3 is 13.9 Å². The summed E-state index contributed by atoms with van der Waals surface area (Å²) in [5, 5.41) is 0.830. The molecule has 178 valence electrons. The van der Waals surface area contributed by atoms with Crippen molar-refractivity contribution in [2.24, 2.45) is 0 Å². The van der Waals surface area contributed by atoms with Gasteiger partial charge in [0.25, 0.3) is 0 Å². The van der Waals surface area contributed by atoms with Gasteiger partial charge in [-0.3, -0.25) is 0 Å². The molecule has 0 N–H and O–H groups in total. The summed E-state index contributed by atoms with van der Waals surface area (Å²) in [4.78, 5) is 3.80. The van der Waals surface area contributed by atoms with Crippen molar-refractivity contribution in [1.82, 2.24) is 4.98 Å². The molecule has 1 unspecified atom stereocenters. The van der Waals surface area contributed by atoms with E-state index in [-0.39, 0.29) is 10.8 Å². The molecule has 0 saturated heterocycles. The molecule has 0 amide bonds. The number of hydrogen-bond acceptors (Lipinski definition) is 6. The van der Waals surface area contributed by atoms with Crippen molar-refractivity contribution in [2.45, 2.75) is 50.7 Å². The minimum Gasteiger partial charge on any atom is -0.490 e. The van der Waals surface area contributed by atoms with Crippen LogP contribution >= 0.6 is 23.2 Å². The van der Waals surface area contributed by atoms with E-state index in [2.05, 4.69) is 18.8 Å². The maximum Gasteiger partial charge on any atom is 0.200 e. The average Bonchev–Trinajstić information content (AvgIpc) is 3.24. The van der Waals surface area contributed by atoms with E-state index in [4.69, 9.17) is 37.1 Å². The molecule has 1 atom stereocenters. The SMILES string of the molecule is CCCOc1c(Cl)cc(C(C)(C)c2ccc(OC(C)c3ocnc3S(C)(=O)=O)cc2)cc1Cl. The van der Waals surface area contributed by atoms with Crippen LogP contribution < -0.4 is 9.47 Å². The van der Waals surface area contributed by atoms with Gasteiger partial charge in [0.05, 0.1) is 16.7 Å². The fourth-order valence-electron chi connectivity index (χ4n) is 3.43. The van der Waals surface area contributed by atoms with Crippen molar-refractivity contribution in [3.63, 3.8) is 0 Å². The van der Waals surface area contributed by atoms with E-state index in [0.717, 1.165) is 30.2 Å². The van der Waals surface area contributed by atoms with Gasteiger partial charge >= 0.3 is 0 Å². The summed E-state index contributed by atoms with van der Waals surface area (Å²) in [7, 11) is -3.52. The Balaban J connectivity index is 1.81. The monoisotopic (exact) mass is 511 g/mol. The van der Waals surface area contributed by atoms with Crippen molar-refractivity contribution >= 4 is 33.0 Å². The van der Waals surface area contributed by atoms with Crippen LogP contribution in [0.3, 0.4) is 0 Å². The number of ether oxygens (including phenoxy) is 2. The Morgan fingerprint density at radius 1 is 1.09 bits per heavy atom. The predicted molar refractivity (Wildman–Crippen MR) is 129 cm³/mol. The smallest absolute Gasteiger partial charge is 0.200 e. The lowest BCUT2D eigenvalue weighted by molar-refractivity contribution is 0.191. The standard InChI is InChI=1S/C24H27Cl2NO5S/c1-6-11-30-22-19(25)12-17(13-20(22)26)24(3,4)16-7-9-18(10-8-16)32-15(2)21-23(27-14-31-21)33(5,28)29/h7-10,12-15H,6,11H2,1-5H3. The van der Waals surface area contributed by atoms with Crippen LogP contribution in [0.5, 0.6) is 11.5 Å². The summed E-state index contributed by atoms with van der Waals surface area (Å²) < 4.78 is 40.6. The largest absolute Gasteiger partial charge is 0.490 e. The summed E-state index contributed by atoms with van der Waals surface area (Å²) in [6, 6.07) is 11.3. The van der Waals surface area contributed by atoms with Crippen LogP contribution in [0.1, 0.15) is 57.1 Å². The second kappa shape index (κ2) is 9.95. The Morgan fingerprint density at radius 3 is 2.24 bits per heavy atom. The summed E-state index contributed by atoms with van der Waals surface area (Å²) >= 11 is 12.9. The van der Waals surface area contributed by atoms with Crippen LogP contribution in [0.25, 0.3) is 0 Å². The minimum atomic E-state index is -3.52. The van der Waals surface area contributed by atoms with E-state index in [1.807, 2.05) is 43.3 Å². The first-order valence-electron chi connectivity index (χ1n) is 10.5. The normalized spacial score (nSPS) is 13.1. The molecule has 0 aliphatic heterocycles. The van der Waals surface area contributed by atoms with Crippen LogP contribution in [0, 0.1) is 0 Å². The lowest BCUT2D eigenvalue weighted by Gasteiger charge is -2.27. The molecule has 3 rings (SSSR count). The molecule has 2 aromatic carbocycles.